The molecule has 1 heterocycles. The van der Waals surface area contributed by atoms with Gasteiger partial charge in [0.25, 0.3) is 0 Å². The summed E-state index contributed by atoms with van der Waals surface area (Å²) in [6, 6.07) is 26.7. The molecule has 2 fully saturated rings. The van der Waals surface area contributed by atoms with Crippen molar-refractivity contribution in [3.63, 3.8) is 0 Å². The quantitative estimate of drug-likeness (QED) is 0.482. The van der Waals surface area contributed by atoms with Gasteiger partial charge in [0.2, 0.25) is 11.8 Å². The second-order valence-electron chi connectivity index (χ2n) is 8.21. The van der Waals surface area contributed by atoms with Crippen LogP contribution < -0.4 is 4.90 Å². The molecule has 1 aliphatic heterocycles. The summed E-state index contributed by atoms with van der Waals surface area (Å²) in [5.74, 6) is -0.490. The molecule has 1 unspecified atom stereocenters. The lowest BCUT2D eigenvalue weighted by Crippen LogP contribution is -2.33. The van der Waals surface area contributed by atoms with Gasteiger partial charge in [0, 0.05) is 17.4 Å². The van der Waals surface area contributed by atoms with Gasteiger partial charge >= 0.3 is 0 Å². The van der Waals surface area contributed by atoms with Crippen LogP contribution >= 0.6 is 0 Å². The van der Waals surface area contributed by atoms with Crippen molar-refractivity contribution in [3.8, 4) is 0 Å². The van der Waals surface area contributed by atoms with E-state index in [0.717, 1.165) is 11.1 Å². The van der Waals surface area contributed by atoms with Crippen molar-refractivity contribution in [1.82, 2.24) is 0 Å². The molecular formula is C26H21NO3. The highest BCUT2D eigenvalue weighted by Gasteiger charge is 2.77. The van der Waals surface area contributed by atoms with Crippen molar-refractivity contribution in [1.29, 1.82) is 0 Å². The zero-order valence-corrected chi connectivity index (χ0v) is 16.7. The number of Topliss-reactive ketones (excluding diaryl/α,β-unsaturated/α-hetero) is 1. The standard InChI is InChI=1S/C26H21NO3/c1-18(28)19-9-8-14-22(15-19)27-23(29)16-25(24(27)30)17-26(25,20-10-4-2-5-11-20)21-12-6-3-7-13-21/h2-15H,16-17H2,1H3. The van der Waals surface area contributed by atoms with Crippen LogP contribution in [0.5, 0.6) is 0 Å². The van der Waals surface area contributed by atoms with Gasteiger partial charge in [-0.05, 0) is 36.6 Å². The second-order valence-corrected chi connectivity index (χ2v) is 8.21. The van der Waals surface area contributed by atoms with E-state index in [-0.39, 0.29) is 24.0 Å². The monoisotopic (exact) mass is 395 g/mol. The van der Waals surface area contributed by atoms with Crippen LogP contribution in [0.3, 0.4) is 0 Å². The number of carbonyl (C=O) groups is 3. The van der Waals surface area contributed by atoms with Crippen LogP contribution in [0.1, 0.15) is 41.3 Å². The first-order valence-electron chi connectivity index (χ1n) is 10.1. The Balaban J connectivity index is 1.62. The Hall–Kier alpha value is -3.53. The normalized spacial score (nSPS) is 21.8. The first-order valence-corrected chi connectivity index (χ1v) is 10.1. The molecule has 4 nitrogen and oxygen atoms in total. The lowest BCUT2D eigenvalue weighted by Gasteiger charge is -2.23. The van der Waals surface area contributed by atoms with Crippen molar-refractivity contribution in [2.45, 2.75) is 25.2 Å². The van der Waals surface area contributed by atoms with Crippen LogP contribution in [0.15, 0.2) is 84.9 Å². The fourth-order valence-electron chi connectivity index (χ4n) is 5.11. The van der Waals surface area contributed by atoms with E-state index in [0.29, 0.717) is 17.7 Å². The molecule has 3 aromatic rings. The number of anilines is 1. The molecule has 5 rings (SSSR count). The minimum Gasteiger partial charge on any atom is -0.295 e. The summed E-state index contributed by atoms with van der Waals surface area (Å²) in [6.45, 7) is 1.48. The van der Waals surface area contributed by atoms with E-state index in [1.165, 1.54) is 11.8 Å². The summed E-state index contributed by atoms with van der Waals surface area (Å²) in [5, 5.41) is 0. The van der Waals surface area contributed by atoms with Crippen LogP contribution in [-0.4, -0.2) is 17.6 Å². The van der Waals surface area contributed by atoms with E-state index in [1.807, 2.05) is 60.7 Å². The third-order valence-corrected chi connectivity index (χ3v) is 6.62. The van der Waals surface area contributed by atoms with Crippen LogP contribution in [0.4, 0.5) is 5.69 Å². The summed E-state index contributed by atoms with van der Waals surface area (Å²) in [6.07, 6.45) is 0.765. The third-order valence-electron chi connectivity index (χ3n) is 6.62. The van der Waals surface area contributed by atoms with Gasteiger partial charge in [0.15, 0.2) is 5.78 Å². The molecule has 1 saturated heterocycles. The van der Waals surface area contributed by atoms with Gasteiger partial charge in [0.05, 0.1) is 11.1 Å². The molecule has 2 aliphatic rings. The van der Waals surface area contributed by atoms with Gasteiger partial charge in [-0.25, -0.2) is 4.90 Å². The Morgan fingerprint density at radius 1 is 0.833 bits per heavy atom. The largest absolute Gasteiger partial charge is 0.295 e. The number of carbonyl (C=O) groups excluding carboxylic acids is 3. The first kappa shape index (κ1) is 18.5. The Kier molecular flexibility index (Phi) is 4.00. The maximum absolute atomic E-state index is 13.8. The molecule has 0 bridgehead atoms. The van der Waals surface area contributed by atoms with Crippen molar-refractivity contribution in [3.05, 3.63) is 102 Å². The van der Waals surface area contributed by atoms with E-state index in [2.05, 4.69) is 0 Å². The molecule has 2 amide bonds. The second kappa shape index (κ2) is 6.49. The number of hydrogen-bond donors (Lipinski definition) is 0. The maximum Gasteiger partial charge on any atom is 0.241 e. The summed E-state index contributed by atoms with van der Waals surface area (Å²) in [7, 11) is 0. The highest BCUT2D eigenvalue weighted by Crippen LogP contribution is 2.72. The van der Waals surface area contributed by atoms with Crippen molar-refractivity contribution in [2.24, 2.45) is 5.41 Å². The molecule has 0 N–H and O–H groups in total. The zero-order chi connectivity index (χ0) is 20.9. The molecule has 1 saturated carbocycles. The molecule has 1 atom stereocenters. The molecule has 148 valence electrons. The Morgan fingerprint density at radius 2 is 1.43 bits per heavy atom. The number of amides is 2. The van der Waals surface area contributed by atoms with Gasteiger partial charge in [0.1, 0.15) is 0 Å². The topological polar surface area (TPSA) is 54.5 Å². The van der Waals surface area contributed by atoms with E-state index in [4.69, 9.17) is 0 Å². The van der Waals surface area contributed by atoms with Crippen LogP contribution in [0, 0.1) is 5.41 Å². The minimum absolute atomic E-state index is 0.0972. The predicted octanol–water partition coefficient (Wildman–Crippen LogP) is 4.53. The SMILES string of the molecule is CC(=O)c1cccc(N2C(=O)CC3(CC3(c3ccccc3)c3ccccc3)C2=O)c1. The van der Waals surface area contributed by atoms with Gasteiger partial charge in [-0.2, -0.15) is 0 Å². The van der Waals surface area contributed by atoms with Gasteiger partial charge in [-0.3, -0.25) is 14.4 Å². The Labute approximate surface area is 175 Å². The molecule has 4 heteroatoms. The number of imide groups is 1. The number of benzene rings is 3. The Morgan fingerprint density at radius 3 is 2.00 bits per heavy atom. The summed E-state index contributed by atoms with van der Waals surface area (Å²) in [5.41, 5.74) is 1.75. The summed E-state index contributed by atoms with van der Waals surface area (Å²) in [4.78, 5) is 39.9. The predicted molar refractivity (Wildman–Crippen MR) is 114 cm³/mol. The number of ketones is 1. The highest BCUT2D eigenvalue weighted by molar-refractivity contribution is 6.25. The number of rotatable bonds is 4. The van der Waals surface area contributed by atoms with E-state index in [9.17, 15) is 14.4 Å². The number of hydrogen-bond acceptors (Lipinski definition) is 3. The fourth-order valence-corrected chi connectivity index (χ4v) is 5.11. The van der Waals surface area contributed by atoms with E-state index < -0.39 is 10.8 Å². The van der Waals surface area contributed by atoms with Crippen LogP contribution in [0.2, 0.25) is 0 Å². The van der Waals surface area contributed by atoms with Gasteiger partial charge in [-0.15, -0.1) is 0 Å². The zero-order valence-electron chi connectivity index (χ0n) is 16.7. The van der Waals surface area contributed by atoms with E-state index >= 15 is 0 Å². The molecule has 0 radical (unpaired) electrons. The fraction of sp³-hybridized carbons (Fsp3) is 0.192. The molecule has 1 spiro atoms. The minimum atomic E-state index is -0.793. The number of nitrogens with zero attached hydrogens (tertiary/aromatic N) is 1. The van der Waals surface area contributed by atoms with E-state index in [1.54, 1.807) is 24.3 Å². The molecule has 1 aliphatic carbocycles. The van der Waals surface area contributed by atoms with Crippen molar-refractivity contribution >= 4 is 23.3 Å². The Bertz CT molecular complexity index is 1130. The summed E-state index contributed by atoms with van der Waals surface area (Å²) >= 11 is 0. The molecular weight excluding hydrogens is 374 g/mol. The highest BCUT2D eigenvalue weighted by atomic mass is 16.2. The first-order chi connectivity index (χ1) is 14.5. The van der Waals surface area contributed by atoms with Crippen molar-refractivity contribution < 1.29 is 14.4 Å². The molecule has 0 aromatic heterocycles. The van der Waals surface area contributed by atoms with Gasteiger partial charge < -0.3 is 0 Å². The average Bonchev–Trinajstić information content (AvgIpc) is 3.38. The van der Waals surface area contributed by atoms with Crippen molar-refractivity contribution in [2.75, 3.05) is 4.90 Å². The lowest BCUT2D eigenvalue weighted by molar-refractivity contribution is -0.123. The third kappa shape index (κ3) is 2.43. The average molecular weight is 395 g/mol. The maximum atomic E-state index is 13.8. The van der Waals surface area contributed by atoms with Crippen LogP contribution in [0.25, 0.3) is 0 Å². The summed E-state index contributed by atoms with van der Waals surface area (Å²) < 4.78 is 0. The molecule has 3 aromatic carbocycles. The van der Waals surface area contributed by atoms with Gasteiger partial charge in [-0.1, -0.05) is 72.8 Å². The van der Waals surface area contributed by atoms with Crippen LogP contribution in [-0.2, 0) is 15.0 Å². The smallest absolute Gasteiger partial charge is 0.241 e. The molecule has 30 heavy (non-hydrogen) atoms. The lowest BCUT2D eigenvalue weighted by atomic mass is 9.79.